The lowest BCUT2D eigenvalue weighted by molar-refractivity contribution is -0.0975. The van der Waals surface area contributed by atoms with Crippen molar-refractivity contribution in [2.75, 3.05) is 11.9 Å². The molecule has 1 fully saturated rings. The van der Waals surface area contributed by atoms with E-state index in [2.05, 4.69) is 35.1 Å². The van der Waals surface area contributed by atoms with Crippen molar-refractivity contribution in [1.82, 2.24) is 0 Å². The Kier molecular flexibility index (Phi) is 4.25. The Hall–Kier alpha value is -0.250. The fourth-order valence-electron chi connectivity index (χ4n) is 2.41. The third-order valence-electron chi connectivity index (χ3n) is 3.80. The molecular weight excluding hydrogens is 314 g/mol. The second-order valence-electron chi connectivity index (χ2n) is 5.32. The Morgan fingerprint density at radius 3 is 2.83 bits per heavy atom. The van der Waals surface area contributed by atoms with Gasteiger partial charge in [0.2, 0.25) is 0 Å². The molecule has 4 heteroatoms. The van der Waals surface area contributed by atoms with E-state index < -0.39 is 0 Å². The summed E-state index contributed by atoms with van der Waals surface area (Å²) in [5.74, 6) is 0. The maximum atomic E-state index is 6.20. The fourth-order valence-corrected chi connectivity index (χ4v) is 2.94. The van der Waals surface area contributed by atoms with Crippen LogP contribution in [0.4, 0.5) is 5.69 Å². The maximum Gasteiger partial charge on any atom is 0.0665 e. The lowest BCUT2D eigenvalue weighted by Gasteiger charge is -2.52. The van der Waals surface area contributed by atoms with Gasteiger partial charge in [0.05, 0.1) is 16.8 Å². The van der Waals surface area contributed by atoms with Crippen LogP contribution >= 0.6 is 27.5 Å². The molecule has 1 aliphatic carbocycles. The Morgan fingerprint density at radius 2 is 2.22 bits per heavy atom. The molecular formula is C14H19BrClNO. The van der Waals surface area contributed by atoms with E-state index >= 15 is 0 Å². The molecule has 1 aromatic carbocycles. The van der Waals surface area contributed by atoms with E-state index in [1.165, 1.54) is 0 Å². The Bertz CT molecular complexity index is 436. The molecule has 0 saturated heterocycles. The van der Waals surface area contributed by atoms with E-state index in [4.69, 9.17) is 16.3 Å². The van der Waals surface area contributed by atoms with Crippen molar-refractivity contribution in [3.05, 3.63) is 27.7 Å². The van der Waals surface area contributed by atoms with Gasteiger partial charge in [-0.05, 0) is 31.5 Å². The number of hydrogen-bond donors (Lipinski definition) is 1. The van der Waals surface area contributed by atoms with Crippen LogP contribution in [0, 0.1) is 5.41 Å². The molecule has 0 bridgehead atoms. The summed E-state index contributed by atoms with van der Waals surface area (Å²) in [6.07, 6.45) is 1.37. The molecule has 2 unspecified atom stereocenters. The second kappa shape index (κ2) is 5.40. The van der Waals surface area contributed by atoms with Crippen LogP contribution in [-0.4, -0.2) is 18.8 Å². The van der Waals surface area contributed by atoms with E-state index in [9.17, 15) is 0 Å². The topological polar surface area (TPSA) is 21.3 Å². The molecule has 2 nitrogen and oxygen atoms in total. The van der Waals surface area contributed by atoms with Crippen LogP contribution in [0.2, 0.25) is 5.02 Å². The Morgan fingerprint density at radius 1 is 1.50 bits per heavy atom. The normalized spacial score (nSPS) is 25.6. The molecule has 0 aliphatic heterocycles. The molecule has 0 aromatic heterocycles. The molecule has 0 spiro atoms. The number of ether oxygens (including phenoxy) is 1. The number of anilines is 1. The summed E-state index contributed by atoms with van der Waals surface area (Å²) in [6.45, 7) is 7.29. The van der Waals surface area contributed by atoms with Crippen molar-refractivity contribution >= 4 is 33.2 Å². The average molecular weight is 333 g/mol. The monoisotopic (exact) mass is 331 g/mol. The molecule has 2 rings (SSSR count). The van der Waals surface area contributed by atoms with Crippen molar-refractivity contribution in [3.8, 4) is 0 Å². The minimum Gasteiger partial charge on any atom is -0.380 e. The highest BCUT2D eigenvalue weighted by Crippen LogP contribution is 2.45. The largest absolute Gasteiger partial charge is 0.380 e. The minimum atomic E-state index is 0.141. The van der Waals surface area contributed by atoms with E-state index in [0.29, 0.717) is 12.1 Å². The predicted octanol–water partition coefficient (Wildman–Crippen LogP) is 4.72. The van der Waals surface area contributed by atoms with Crippen LogP contribution in [0.3, 0.4) is 0 Å². The lowest BCUT2D eigenvalue weighted by Crippen LogP contribution is -2.58. The van der Waals surface area contributed by atoms with Crippen LogP contribution in [0.15, 0.2) is 22.7 Å². The Balaban J connectivity index is 2.05. The van der Waals surface area contributed by atoms with Crippen molar-refractivity contribution in [2.24, 2.45) is 5.41 Å². The number of halogens is 2. The second-order valence-corrected chi connectivity index (χ2v) is 6.65. The summed E-state index contributed by atoms with van der Waals surface area (Å²) < 4.78 is 6.77. The van der Waals surface area contributed by atoms with Crippen LogP contribution in [-0.2, 0) is 4.74 Å². The number of benzene rings is 1. The lowest BCUT2D eigenvalue weighted by atomic mass is 9.64. The van der Waals surface area contributed by atoms with Crippen molar-refractivity contribution in [1.29, 1.82) is 0 Å². The molecule has 100 valence electrons. The number of nitrogens with one attached hydrogen (secondary N) is 1. The first-order valence-corrected chi connectivity index (χ1v) is 7.45. The summed E-state index contributed by atoms with van der Waals surface area (Å²) in [6, 6.07) is 6.27. The van der Waals surface area contributed by atoms with Gasteiger partial charge in [-0.15, -0.1) is 0 Å². The van der Waals surface area contributed by atoms with Gasteiger partial charge in [-0.2, -0.15) is 0 Å². The van der Waals surface area contributed by atoms with Gasteiger partial charge < -0.3 is 10.1 Å². The van der Waals surface area contributed by atoms with Crippen molar-refractivity contribution in [2.45, 2.75) is 39.3 Å². The SMILES string of the molecule is CCOC1CC(Nc2cc(Br)ccc2Cl)C1(C)C. The van der Waals surface area contributed by atoms with Crippen LogP contribution in [0.1, 0.15) is 27.2 Å². The molecule has 0 amide bonds. The van der Waals surface area contributed by atoms with Crippen molar-refractivity contribution < 1.29 is 4.74 Å². The van der Waals surface area contributed by atoms with E-state index in [1.807, 2.05) is 25.1 Å². The zero-order valence-electron chi connectivity index (χ0n) is 11.0. The first kappa shape index (κ1) is 14.2. The van der Waals surface area contributed by atoms with Gasteiger partial charge >= 0.3 is 0 Å². The van der Waals surface area contributed by atoms with Crippen LogP contribution in [0.5, 0.6) is 0 Å². The highest BCUT2D eigenvalue weighted by molar-refractivity contribution is 9.10. The van der Waals surface area contributed by atoms with Gasteiger partial charge in [0, 0.05) is 22.5 Å². The third-order valence-corrected chi connectivity index (χ3v) is 4.63. The summed E-state index contributed by atoms with van der Waals surface area (Å²) >= 11 is 9.67. The highest BCUT2D eigenvalue weighted by Gasteiger charge is 2.48. The van der Waals surface area contributed by atoms with Gasteiger partial charge in [-0.3, -0.25) is 0 Å². The molecule has 1 aromatic rings. The van der Waals surface area contributed by atoms with Crippen molar-refractivity contribution in [3.63, 3.8) is 0 Å². The summed E-state index contributed by atoms with van der Waals surface area (Å²) in [5.41, 5.74) is 1.13. The molecule has 1 aliphatic rings. The predicted molar refractivity (Wildman–Crippen MR) is 80.4 cm³/mol. The number of hydrogen-bond acceptors (Lipinski definition) is 2. The first-order valence-electron chi connectivity index (χ1n) is 6.28. The molecule has 0 radical (unpaired) electrons. The van der Waals surface area contributed by atoms with Gasteiger partial charge in [0.15, 0.2) is 0 Å². The Labute approximate surface area is 122 Å². The van der Waals surface area contributed by atoms with Crippen LogP contribution < -0.4 is 5.32 Å². The summed E-state index contributed by atoms with van der Waals surface area (Å²) in [4.78, 5) is 0. The third kappa shape index (κ3) is 2.68. The van der Waals surface area contributed by atoms with Gasteiger partial charge in [-0.1, -0.05) is 41.4 Å². The molecule has 1 N–H and O–H groups in total. The average Bonchev–Trinajstić information content (AvgIpc) is 2.32. The zero-order valence-corrected chi connectivity index (χ0v) is 13.3. The summed E-state index contributed by atoms with van der Waals surface area (Å²) in [7, 11) is 0. The maximum absolute atomic E-state index is 6.20. The van der Waals surface area contributed by atoms with Gasteiger partial charge in [0.1, 0.15) is 0 Å². The fraction of sp³-hybridized carbons (Fsp3) is 0.571. The minimum absolute atomic E-state index is 0.141. The van der Waals surface area contributed by atoms with Crippen LogP contribution in [0.25, 0.3) is 0 Å². The standard InChI is InChI=1S/C14H19BrClNO/c1-4-18-13-8-12(14(13,2)3)17-11-7-9(15)5-6-10(11)16/h5-7,12-13,17H,4,8H2,1-3H3. The summed E-state index contributed by atoms with van der Waals surface area (Å²) in [5, 5.41) is 4.28. The van der Waals surface area contributed by atoms with Gasteiger partial charge in [0.25, 0.3) is 0 Å². The van der Waals surface area contributed by atoms with Gasteiger partial charge in [-0.25, -0.2) is 0 Å². The molecule has 2 atom stereocenters. The van der Waals surface area contributed by atoms with E-state index in [1.54, 1.807) is 0 Å². The first-order chi connectivity index (χ1) is 8.45. The highest BCUT2D eigenvalue weighted by atomic mass is 79.9. The zero-order chi connectivity index (χ0) is 13.3. The van der Waals surface area contributed by atoms with E-state index in [0.717, 1.165) is 28.2 Å². The van der Waals surface area contributed by atoms with E-state index in [-0.39, 0.29) is 5.41 Å². The molecule has 0 heterocycles. The molecule has 18 heavy (non-hydrogen) atoms. The number of rotatable bonds is 4. The molecule has 1 saturated carbocycles. The quantitative estimate of drug-likeness (QED) is 0.861. The smallest absolute Gasteiger partial charge is 0.0665 e.